The summed E-state index contributed by atoms with van der Waals surface area (Å²) < 4.78 is 6.22. The second-order valence-corrected chi connectivity index (χ2v) is 6.94. The molecule has 0 saturated carbocycles. The minimum Gasteiger partial charge on any atom is -0.456 e. The summed E-state index contributed by atoms with van der Waals surface area (Å²) in [6.45, 7) is 0. The fourth-order valence-corrected chi connectivity index (χ4v) is 4.92. The molecule has 0 fully saturated rings. The molecule has 2 aliphatic rings. The molecule has 7 rings (SSSR count). The van der Waals surface area contributed by atoms with Gasteiger partial charge in [0.05, 0.1) is 0 Å². The fraction of sp³-hybridized carbons (Fsp3) is 0.0909. The summed E-state index contributed by atoms with van der Waals surface area (Å²) in [5.41, 5.74) is 7.29. The minimum absolute atomic E-state index is 0.994. The van der Waals surface area contributed by atoms with Crippen molar-refractivity contribution in [2.24, 2.45) is 0 Å². The average molecular weight is 307 g/mol. The maximum absolute atomic E-state index is 6.22. The molecular weight excluding hydrogens is 294 g/mol. The predicted molar refractivity (Wildman–Crippen MR) is 98.5 cm³/mol. The summed E-state index contributed by atoms with van der Waals surface area (Å²) >= 11 is 0. The van der Waals surface area contributed by atoms with Crippen molar-refractivity contribution >= 4 is 55.4 Å². The zero-order chi connectivity index (χ0) is 15.4. The number of hydrogen-bond donors (Lipinski definition) is 1. The van der Waals surface area contributed by atoms with E-state index in [1.54, 1.807) is 0 Å². The molecule has 3 aromatic carbocycles. The molecule has 0 bridgehead atoms. The lowest BCUT2D eigenvalue weighted by atomic mass is 9.91. The van der Waals surface area contributed by atoms with Crippen LogP contribution in [0.25, 0.3) is 55.4 Å². The van der Waals surface area contributed by atoms with E-state index in [-0.39, 0.29) is 0 Å². The van der Waals surface area contributed by atoms with E-state index < -0.39 is 0 Å². The largest absolute Gasteiger partial charge is 0.456 e. The van der Waals surface area contributed by atoms with Gasteiger partial charge in [-0.2, -0.15) is 0 Å². The zero-order valence-electron chi connectivity index (χ0n) is 12.9. The van der Waals surface area contributed by atoms with Crippen LogP contribution >= 0.6 is 0 Å². The van der Waals surface area contributed by atoms with Crippen LogP contribution < -0.4 is 10.4 Å². The molecule has 2 aromatic heterocycles. The van der Waals surface area contributed by atoms with Crippen molar-refractivity contribution in [2.45, 2.75) is 12.8 Å². The van der Waals surface area contributed by atoms with Gasteiger partial charge in [-0.3, -0.25) is 0 Å². The normalized spacial score (nSPS) is 15.4. The number of rotatable bonds is 0. The van der Waals surface area contributed by atoms with Gasteiger partial charge >= 0.3 is 0 Å². The Bertz CT molecular complexity index is 1490. The number of H-pyrrole nitrogens is 1. The monoisotopic (exact) mass is 307 g/mol. The van der Waals surface area contributed by atoms with Gasteiger partial charge in [-0.1, -0.05) is 24.3 Å². The Labute approximate surface area is 136 Å². The van der Waals surface area contributed by atoms with Crippen molar-refractivity contribution in [3.8, 4) is 0 Å². The molecule has 0 spiro atoms. The van der Waals surface area contributed by atoms with Gasteiger partial charge in [0.2, 0.25) is 0 Å². The van der Waals surface area contributed by atoms with E-state index in [4.69, 9.17) is 4.42 Å². The Kier molecular flexibility index (Phi) is 1.71. The van der Waals surface area contributed by atoms with Gasteiger partial charge in [0.25, 0.3) is 0 Å². The van der Waals surface area contributed by atoms with Crippen LogP contribution in [0, 0.1) is 0 Å². The molecule has 0 saturated heterocycles. The zero-order valence-corrected chi connectivity index (χ0v) is 12.9. The first-order valence-electron chi connectivity index (χ1n) is 8.52. The van der Waals surface area contributed by atoms with Gasteiger partial charge < -0.3 is 9.40 Å². The number of benzene rings is 3. The minimum atomic E-state index is 0.994. The van der Waals surface area contributed by atoms with Gasteiger partial charge in [-0.25, -0.2) is 0 Å². The van der Waals surface area contributed by atoms with Gasteiger partial charge in [-0.15, -0.1) is 0 Å². The van der Waals surface area contributed by atoms with Crippen LogP contribution in [0.2, 0.25) is 0 Å². The molecule has 2 heterocycles. The van der Waals surface area contributed by atoms with E-state index in [1.807, 2.05) is 0 Å². The highest BCUT2D eigenvalue weighted by molar-refractivity contribution is 6.29. The summed E-state index contributed by atoms with van der Waals surface area (Å²) in [6.07, 6.45) is 4.58. The molecule has 112 valence electrons. The molecule has 1 N–H and O–H groups in total. The van der Waals surface area contributed by atoms with Gasteiger partial charge in [0.1, 0.15) is 11.2 Å². The van der Waals surface area contributed by atoms with Crippen LogP contribution in [-0.4, -0.2) is 4.98 Å². The molecular formula is C22H13NO. The highest BCUT2D eigenvalue weighted by atomic mass is 16.3. The molecule has 24 heavy (non-hydrogen) atoms. The van der Waals surface area contributed by atoms with Gasteiger partial charge in [0, 0.05) is 32.6 Å². The fourth-order valence-electron chi connectivity index (χ4n) is 4.92. The van der Waals surface area contributed by atoms with Gasteiger partial charge in [0.15, 0.2) is 0 Å². The van der Waals surface area contributed by atoms with Crippen molar-refractivity contribution in [1.29, 1.82) is 0 Å². The first-order valence-corrected chi connectivity index (χ1v) is 8.52. The maximum atomic E-state index is 6.22. The van der Waals surface area contributed by atoms with Crippen molar-refractivity contribution in [3.05, 3.63) is 58.5 Å². The third kappa shape index (κ3) is 1.09. The van der Waals surface area contributed by atoms with Crippen LogP contribution in [0.15, 0.2) is 46.9 Å². The average Bonchev–Trinajstić information content (AvgIpc) is 3.14. The lowest BCUT2D eigenvalue weighted by molar-refractivity contribution is 0.669. The Balaban J connectivity index is 2.06. The molecule has 2 nitrogen and oxygen atoms in total. The Morgan fingerprint density at radius 2 is 1.67 bits per heavy atom. The molecule has 0 amide bonds. The van der Waals surface area contributed by atoms with Crippen LogP contribution in [0.5, 0.6) is 0 Å². The van der Waals surface area contributed by atoms with E-state index >= 15 is 0 Å². The molecule has 0 aliphatic heterocycles. The molecule has 2 aliphatic carbocycles. The summed E-state index contributed by atoms with van der Waals surface area (Å²) in [7, 11) is 0. The second kappa shape index (κ2) is 3.57. The van der Waals surface area contributed by atoms with E-state index in [0.717, 1.165) is 24.0 Å². The predicted octanol–water partition coefficient (Wildman–Crippen LogP) is 4.31. The smallest absolute Gasteiger partial charge is 0.136 e. The standard InChI is InChI=1S/C22H13NO/c1-3-11-7-9-16-21-18(11)12(4-1)13-5-2-6-14-19(13)20-15(23-14)8-10-17(24-16)22(20)21/h2-3,5-10,23H,1,4H2. The summed E-state index contributed by atoms with van der Waals surface area (Å²) in [5.74, 6) is 0. The highest BCUT2D eigenvalue weighted by Gasteiger charge is 2.23. The first-order chi connectivity index (χ1) is 11.9. The number of fused-ring (bicyclic) bond motifs is 1. The Morgan fingerprint density at radius 1 is 0.792 bits per heavy atom. The quantitative estimate of drug-likeness (QED) is 0.454. The molecule has 0 atom stereocenters. The number of furan rings is 1. The highest BCUT2D eigenvalue weighted by Crippen LogP contribution is 2.42. The lowest BCUT2D eigenvalue weighted by Gasteiger charge is -2.12. The third-order valence-corrected chi connectivity index (χ3v) is 5.81. The topological polar surface area (TPSA) is 28.9 Å². The van der Waals surface area contributed by atoms with Crippen LogP contribution in [0.1, 0.15) is 18.4 Å². The molecule has 2 heteroatoms. The SMILES string of the molecule is C1=c2ccc3oc4ccc5[nH]c6cccc7c6c5c4c3c2=C7CC1. The van der Waals surface area contributed by atoms with Crippen LogP contribution in [0.4, 0.5) is 0 Å². The molecule has 5 aromatic rings. The lowest BCUT2D eigenvalue weighted by Crippen LogP contribution is -2.30. The maximum Gasteiger partial charge on any atom is 0.136 e. The summed E-state index contributed by atoms with van der Waals surface area (Å²) in [5, 5.41) is 8.02. The van der Waals surface area contributed by atoms with E-state index in [9.17, 15) is 0 Å². The van der Waals surface area contributed by atoms with Crippen LogP contribution in [0.3, 0.4) is 0 Å². The molecule has 0 radical (unpaired) electrons. The van der Waals surface area contributed by atoms with Gasteiger partial charge in [-0.05, 0) is 58.7 Å². The first kappa shape index (κ1) is 11.5. The van der Waals surface area contributed by atoms with Crippen molar-refractivity contribution in [3.63, 3.8) is 0 Å². The molecule has 0 unspecified atom stereocenters. The van der Waals surface area contributed by atoms with Crippen molar-refractivity contribution in [2.75, 3.05) is 0 Å². The number of nitrogens with one attached hydrogen (secondary N) is 1. The summed E-state index contributed by atoms with van der Waals surface area (Å²) in [4.78, 5) is 3.61. The van der Waals surface area contributed by atoms with Crippen LogP contribution in [-0.2, 0) is 0 Å². The Morgan fingerprint density at radius 3 is 2.67 bits per heavy atom. The summed E-state index contributed by atoms with van der Waals surface area (Å²) in [6, 6.07) is 15.3. The second-order valence-electron chi connectivity index (χ2n) is 6.94. The Hall–Kier alpha value is -3.00. The van der Waals surface area contributed by atoms with E-state index in [2.05, 4.69) is 53.5 Å². The number of aromatic amines is 1. The third-order valence-electron chi connectivity index (χ3n) is 5.81. The van der Waals surface area contributed by atoms with E-state index in [0.29, 0.717) is 0 Å². The number of hydrogen-bond acceptors (Lipinski definition) is 1. The van der Waals surface area contributed by atoms with Crippen molar-refractivity contribution < 1.29 is 4.42 Å². The van der Waals surface area contributed by atoms with E-state index in [1.165, 1.54) is 54.2 Å². The number of aromatic nitrogens is 1. The van der Waals surface area contributed by atoms with Crippen molar-refractivity contribution in [1.82, 2.24) is 4.98 Å².